The quantitative estimate of drug-likeness (QED) is 0.612. The van der Waals surface area contributed by atoms with Gasteiger partial charge in [-0.1, -0.05) is 13.0 Å². The van der Waals surface area contributed by atoms with Crippen molar-refractivity contribution in [1.29, 1.82) is 0 Å². The number of piperidine rings is 1. The van der Waals surface area contributed by atoms with Crippen molar-refractivity contribution >= 4 is 5.95 Å². The van der Waals surface area contributed by atoms with Crippen molar-refractivity contribution in [1.82, 2.24) is 25.5 Å². The molecule has 0 saturated carbocycles. The number of hydrogen-bond donors (Lipinski definition) is 2. The number of anilines is 1. The number of benzene rings is 1. The molecule has 2 aliphatic heterocycles. The number of phenols is 1. The van der Waals surface area contributed by atoms with Gasteiger partial charge < -0.3 is 20.1 Å². The Labute approximate surface area is 191 Å². The minimum Gasteiger partial charge on any atom is -0.507 e. The van der Waals surface area contributed by atoms with E-state index in [9.17, 15) is 5.11 Å². The molecule has 0 aliphatic carbocycles. The van der Waals surface area contributed by atoms with Crippen molar-refractivity contribution in [2.45, 2.75) is 44.1 Å². The van der Waals surface area contributed by atoms with Gasteiger partial charge in [0.05, 0.1) is 19.3 Å². The molecular formula is C24H27FN6O2. The van der Waals surface area contributed by atoms with E-state index < -0.39 is 6.17 Å². The number of nitrogens with one attached hydrogen (secondary N) is 1. The molecule has 4 heterocycles. The topological polar surface area (TPSA) is 96.3 Å². The van der Waals surface area contributed by atoms with Gasteiger partial charge in [0, 0.05) is 37.0 Å². The second kappa shape index (κ2) is 8.55. The van der Waals surface area contributed by atoms with E-state index in [1.807, 2.05) is 19.2 Å². The maximum Gasteiger partial charge on any atom is 0.245 e. The number of methoxy groups -OCH3 is 1. The Hall–Kier alpha value is -3.33. The van der Waals surface area contributed by atoms with Crippen LogP contribution < -0.4 is 15.0 Å². The smallest absolute Gasteiger partial charge is 0.245 e. The third-order valence-electron chi connectivity index (χ3n) is 6.85. The molecule has 2 bridgehead atoms. The minimum atomic E-state index is -0.990. The van der Waals surface area contributed by atoms with Crippen LogP contribution in [0.1, 0.15) is 19.8 Å². The monoisotopic (exact) mass is 450 g/mol. The predicted molar refractivity (Wildman–Crippen MR) is 123 cm³/mol. The van der Waals surface area contributed by atoms with Crippen molar-refractivity contribution in [2.24, 2.45) is 5.92 Å². The average Bonchev–Trinajstić information content (AvgIpc) is 3.16. The lowest BCUT2D eigenvalue weighted by molar-refractivity contribution is 0.162. The zero-order chi connectivity index (χ0) is 23.1. The van der Waals surface area contributed by atoms with Crippen LogP contribution in [0, 0.1) is 5.92 Å². The van der Waals surface area contributed by atoms with E-state index in [1.165, 1.54) is 0 Å². The van der Waals surface area contributed by atoms with E-state index in [0.717, 1.165) is 17.5 Å². The van der Waals surface area contributed by atoms with Crippen LogP contribution in [0.25, 0.3) is 22.4 Å². The molecule has 2 N–H and O–H groups in total. The van der Waals surface area contributed by atoms with E-state index in [2.05, 4.69) is 32.4 Å². The van der Waals surface area contributed by atoms with Gasteiger partial charge in [0.2, 0.25) is 11.8 Å². The highest BCUT2D eigenvalue weighted by Crippen LogP contribution is 2.37. The fourth-order valence-electron chi connectivity index (χ4n) is 5.03. The molecule has 0 spiro atoms. The highest BCUT2D eigenvalue weighted by molar-refractivity contribution is 5.74. The molecule has 0 radical (unpaired) electrons. The molecule has 0 amide bonds. The Morgan fingerprint density at radius 2 is 1.94 bits per heavy atom. The van der Waals surface area contributed by atoms with Gasteiger partial charge >= 0.3 is 0 Å². The number of phenolic OH excluding ortho intramolecular Hbond substituents is 1. The predicted octanol–water partition coefficient (Wildman–Crippen LogP) is 3.23. The number of nitrogens with zero attached hydrogens (tertiary/aromatic N) is 5. The van der Waals surface area contributed by atoms with Crippen LogP contribution in [0.4, 0.5) is 10.3 Å². The van der Waals surface area contributed by atoms with E-state index in [4.69, 9.17) is 4.74 Å². The van der Waals surface area contributed by atoms with Gasteiger partial charge in [0.15, 0.2) is 0 Å². The highest BCUT2D eigenvalue weighted by atomic mass is 19.1. The maximum absolute atomic E-state index is 15.1. The van der Waals surface area contributed by atoms with Gasteiger partial charge in [-0.05, 0) is 48.1 Å². The summed E-state index contributed by atoms with van der Waals surface area (Å²) in [5, 5.41) is 22.5. The number of halogens is 1. The Balaban J connectivity index is 1.35. The SMILES string of the molecule is COc1cc(-c2ccc(-c3cnc(N(C)[C@@H]4CC5CC(C)C(N5)[C@@H]4F)nn3)c(O)c2)ccn1. The summed E-state index contributed by atoms with van der Waals surface area (Å²) >= 11 is 0. The normalized spacial score (nSPS) is 26.2. The van der Waals surface area contributed by atoms with Gasteiger partial charge in [0.25, 0.3) is 0 Å². The fourth-order valence-corrected chi connectivity index (χ4v) is 5.03. The second-order valence-electron chi connectivity index (χ2n) is 8.92. The van der Waals surface area contributed by atoms with Crippen molar-refractivity contribution in [3.8, 4) is 34.0 Å². The number of aromatic hydroxyl groups is 1. The lowest BCUT2D eigenvalue weighted by Crippen LogP contribution is -2.56. The summed E-state index contributed by atoms with van der Waals surface area (Å²) in [5.74, 6) is 1.26. The number of alkyl halides is 1. The second-order valence-corrected chi connectivity index (χ2v) is 8.92. The van der Waals surface area contributed by atoms with Crippen LogP contribution in [0.3, 0.4) is 0 Å². The van der Waals surface area contributed by atoms with Crippen LogP contribution in [0.2, 0.25) is 0 Å². The lowest BCUT2D eigenvalue weighted by Gasteiger charge is -2.38. The molecule has 1 aromatic carbocycles. The molecule has 3 unspecified atom stereocenters. The number of aromatic nitrogens is 4. The molecular weight excluding hydrogens is 423 g/mol. The summed E-state index contributed by atoms with van der Waals surface area (Å²) in [6.45, 7) is 2.10. The van der Waals surface area contributed by atoms with E-state index >= 15 is 4.39 Å². The molecule has 8 nitrogen and oxygen atoms in total. The van der Waals surface area contributed by atoms with Crippen LogP contribution in [-0.2, 0) is 0 Å². The summed E-state index contributed by atoms with van der Waals surface area (Å²) in [4.78, 5) is 10.3. The van der Waals surface area contributed by atoms with E-state index in [-0.39, 0.29) is 17.8 Å². The Kier molecular flexibility index (Phi) is 5.57. The summed E-state index contributed by atoms with van der Waals surface area (Å²) in [6, 6.07) is 8.86. The third-order valence-corrected chi connectivity index (χ3v) is 6.85. The van der Waals surface area contributed by atoms with Crippen molar-refractivity contribution in [2.75, 3.05) is 19.1 Å². The molecule has 33 heavy (non-hydrogen) atoms. The fraction of sp³-hybridized carbons (Fsp3) is 0.417. The molecule has 3 aromatic rings. The summed E-state index contributed by atoms with van der Waals surface area (Å²) in [5.41, 5.74) is 2.65. The molecule has 2 aromatic heterocycles. The summed E-state index contributed by atoms with van der Waals surface area (Å²) in [7, 11) is 3.38. The van der Waals surface area contributed by atoms with Gasteiger partial charge in [0.1, 0.15) is 17.6 Å². The lowest BCUT2D eigenvalue weighted by atomic mass is 9.94. The van der Waals surface area contributed by atoms with E-state index in [0.29, 0.717) is 41.5 Å². The highest BCUT2D eigenvalue weighted by Gasteiger charge is 2.47. The number of ether oxygens (including phenoxy) is 1. The molecule has 2 saturated heterocycles. The first kappa shape index (κ1) is 21.5. The first-order valence-corrected chi connectivity index (χ1v) is 11.1. The zero-order valence-corrected chi connectivity index (χ0v) is 18.8. The average molecular weight is 451 g/mol. The Bertz CT molecular complexity index is 1140. The van der Waals surface area contributed by atoms with Gasteiger partial charge in [-0.15, -0.1) is 10.2 Å². The van der Waals surface area contributed by atoms with Gasteiger partial charge in [-0.3, -0.25) is 0 Å². The molecule has 2 fully saturated rings. The number of hydrogen-bond acceptors (Lipinski definition) is 8. The first-order chi connectivity index (χ1) is 15.9. The number of fused-ring (bicyclic) bond motifs is 2. The molecule has 2 aliphatic rings. The van der Waals surface area contributed by atoms with Crippen molar-refractivity contribution in [3.05, 3.63) is 42.7 Å². The standard InChI is InChI=1S/C24H27FN6O2/c1-13-8-16-11-19(22(25)23(13)28-16)31(2)24-27-12-18(29-30-24)17-5-4-14(9-20(17)32)15-6-7-26-21(10-15)33-3/h4-7,9-10,12-13,16,19,22-23,28,32H,8,11H2,1-3H3/t13?,16?,19-,22-,23?/m1/s1. The Morgan fingerprint density at radius 1 is 1.12 bits per heavy atom. The maximum atomic E-state index is 15.1. The first-order valence-electron chi connectivity index (χ1n) is 11.1. The largest absolute Gasteiger partial charge is 0.507 e. The van der Waals surface area contributed by atoms with Crippen LogP contribution >= 0.6 is 0 Å². The summed E-state index contributed by atoms with van der Waals surface area (Å²) in [6.07, 6.45) is 3.94. The van der Waals surface area contributed by atoms with Crippen LogP contribution in [0.5, 0.6) is 11.6 Å². The molecule has 5 atom stereocenters. The van der Waals surface area contributed by atoms with Gasteiger partial charge in [-0.2, -0.15) is 0 Å². The minimum absolute atomic E-state index is 0.0632. The van der Waals surface area contributed by atoms with Crippen LogP contribution in [0.15, 0.2) is 42.7 Å². The zero-order valence-electron chi connectivity index (χ0n) is 18.8. The Morgan fingerprint density at radius 3 is 2.67 bits per heavy atom. The third kappa shape index (κ3) is 3.97. The molecule has 5 rings (SSSR count). The summed E-state index contributed by atoms with van der Waals surface area (Å²) < 4.78 is 20.3. The van der Waals surface area contributed by atoms with Crippen molar-refractivity contribution in [3.63, 3.8) is 0 Å². The number of rotatable bonds is 5. The van der Waals surface area contributed by atoms with E-state index in [1.54, 1.807) is 42.6 Å². The van der Waals surface area contributed by atoms with Crippen LogP contribution in [-0.4, -0.2) is 63.7 Å². The molecule has 172 valence electrons. The number of pyridine rings is 1. The van der Waals surface area contributed by atoms with Gasteiger partial charge in [-0.25, -0.2) is 14.4 Å². The van der Waals surface area contributed by atoms with Crippen molar-refractivity contribution < 1.29 is 14.2 Å². The molecule has 9 heteroatoms.